The Morgan fingerprint density at radius 2 is 1.92 bits per heavy atom. The molecule has 1 N–H and O–H groups in total. The highest BCUT2D eigenvalue weighted by molar-refractivity contribution is 5.94. The van der Waals surface area contributed by atoms with Gasteiger partial charge in [-0.05, 0) is 43.3 Å². The number of nitrogens with zero attached hydrogens (tertiary/aromatic N) is 1. The van der Waals surface area contributed by atoms with Crippen LogP contribution in [0.3, 0.4) is 0 Å². The Morgan fingerprint density at radius 3 is 2.67 bits per heavy atom. The first-order valence-electron chi connectivity index (χ1n) is 7.38. The predicted octanol–water partition coefficient (Wildman–Crippen LogP) is 4.16. The summed E-state index contributed by atoms with van der Waals surface area (Å²) >= 11 is 0. The summed E-state index contributed by atoms with van der Waals surface area (Å²) in [6.45, 7) is 1.95. The summed E-state index contributed by atoms with van der Waals surface area (Å²) in [5, 5.41) is 3.87. The number of amides is 1. The van der Waals surface area contributed by atoms with E-state index >= 15 is 0 Å². The minimum absolute atomic E-state index is 0.303. The van der Waals surface area contributed by atoms with Gasteiger partial charge in [0.2, 0.25) is 0 Å². The van der Waals surface area contributed by atoms with E-state index in [9.17, 15) is 9.18 Å². The van der Waals surface area contributed by atoms with Crippen molar-refractivity contribution in [1.29, 1.82) is 0 Å². The lowest BCUT2D eigenvalue weighted by Crippen LogP contribution is -2.17. The van der Waals surface area contributed by atoms with Gasteiger partial charge in [0.1, 0.15) is 17.3 Å². The van der Waals surface area contributed by atoms with Gasteiger partial charge >= 0.3 is 0 Å². The second-order valence-electron chi connectivity index (χ2n) is 5.28. The summed E-state index contributed by atoms with van der Waals surface area (Å²) in [6.07, 6.45) is 1.40. The zero-order valence-electron chi connectivity index (χ0n) is 13.0. The summed E-state index contributed by atoms with van der Waals surface area (Å²) < 4.78 is 18.8. The van der Waals surface area contributed by atoms with Crippen LogP contribution >= 0.6 is 0 Å². The quantitative estimate of drug-likeness (QED) is 0.579. The Balaban J connectivity index is 1.65. The SMILES string of the molecule is Cc1ccc(C(=O)N/N=C\c2ccc(-c3cccc(F)c3)o2)cc1. The van der Waals surface area contributed by atoms with Crippen molar-refractivity contribution in [3.8, 4) is 11.3 Å². The van der Waals surface area contributed by atoms with E-state index in [-0.39, 0.29) is 11.7 Å². The van der Waals surface area contributed by atoms with Crippen LogP contribution in [0.1, 0.15) is 21.7 Å². The van der Waals surface area contributed by atoms with E-state index in [1.165, 1.54) is 18.3 Å². The highest BCUT2D eigenvalue weighted by atomic mass is 19.1. The normalized spacial score (nSPS) is 10.9. The van der Waals surface area contributed by atoms with E-state index in [0.29, 0.717) is 22.6 Å². The van der Waals surface area contributed by atoms with Crippen molar-refractivity contribution >= 4 is 12.1 Å². The Morgan fingerprint density at radius 1 is 1.12 bits per heavy atom. The summed E-state index contributed by atoms with van der Waals surface area (Å²) in [5.74, 6) is 0.354. The number of rotatable bonds is 4. The molecular weight excluding hydrogens is 307 g/mol. The molecule has 0 aliphatic heterocycles. The molecule has 0 fully saturated rings. The fourth-order valence-corrected chi connectivity index (χ4v) is 2.14. The van der Waals surface area contributed by atoms with Crippen LogP contribution in [0.2, 0.25) is 0 Å². The van der Waals surface area contributed by atoms with Gasteiger partial charge in [0.05, 0.1) is 6.21 Å². The third kappa shape index (κ3) is 3.76. The molecule has 0 unspecified atom stereocenters. The van der Waals surface area contributed by atoms with Crippen LogP contribution in [0.25, 0.3) is 11.3 Å². The first-order valence-corrected chi connectivity index (χ1v) is 7.38. The topological polar surface area (TPSA) is 54.6 Å². The number of carbonyl (C=O) groups is 1. The summed E-state index contributed by atoms with van der Waals surface area (Å²) in [4.78, 5) is 11.9. The monoisotopic (exact) mass is 322 g/mol. The standard InChI is InChI=1S/C19H15FN2O2/c1-13-5-7-14(8-6-13)19(23)22-21-12-17-9-10-18(24-17)15-3-2-4-16(20)11-15/h2-12H,1H3,(H,22,23)/b21-12-. The zero-order chi connectivity index (χ0) is 16.9. The second-order valence-corrected chi connectivity index (χ2v) is 5.28. The van der Waals surface area contributed by atoms with E-state index < -0.39 is 0 Å². The molecule has 1 amide bonds. The molecule has 0 aliphatic carbocycles. The van der Waals surface area contributed by atoms with Crippen molar-refractivity contribution in [2.24, 2.45) is 5.10 Å². The molecule has 24 heavy (non-hydrogen) atoms. The van der Waals surface area contributed by atoms with Crippen LogP contribution in [-0.2, 0) is 0 Å². The summed E-state index contributed by atoms with van der Waals surface area (Å²) in [6, 6.07) is 16.7. The van der Waals surface area contributed by atoms with E-state index in [2.05, 4.69) is 10.5 Å². The number of aryl methyl sites for hydroxylation is 1. The maximum atomic E-state index is 13.2. The van der Waals surface area contributed by atoms with Crippen LogP contribution in [0.15, 0.2) is 70.2 Å². The average molecular weight is 322 g/mol. The molecule has 0 atom stereocenters. The number of hydrogen-bond acceptors (Lipinski definition) is 3. The van der Waals surface area contributed by atoms with Gasteiger partial charge in [-0.15, -0.1) is 0 Å². The van der Waals surface area contributed by atoms with Gasteiger partial charge in [0.25, 0.3) is 5.91 Å². The van der Waals surface area contributed by atoms with Gasteiger partial charge in [-0.25, -0.2) is 9.82 Å². The first kappa shape index (κ1) is 15.7. The molecule has 0 radical (unpaired) electrons. The molecule has 0 aliphatic rings. The number of furan rings is 1. The highest BCUT2D eigenvalue weighted by Gasteiger charge is 2.05. The molecule has 0 saturated heterocycles. The van der Waals surface area contributed by atoms with Crippen molar-refractivity contribution in [1.82, 2.24) is 5.43 Å². The molecule has 4 nitrogen and oxygen atoms in total. The molecule has 0 spiro atoms. The van der Waals surface area contributed by atoms with Crippen molar-refractivity contribution in [3.05, 3.63) is 83.4 Å². The Kier molecular flexibility index (Phi) is 4.52. The van der Waals surface area contributed by atoms with Gasteiger partial charge in [-0.3, -0.25) is 4.79 Å². The number of nitrogens with one attached hydrogen (secondary N) is 1. The van der Waals surface area contributed by atoms with E-state index in [1.54, 1.807) is 36.4 Å². The maximum absolute atomic E-state index is 13.2. The molecule has 120 valence electrons. The smallest absolute Gasteiger partial charge is 0.271 e. The van der Waals surface area contributed by atoms with Crippen LogP contribution in [0.5, 0.6) is 0 Å². The largest absolute Gasteiger partial charge is 0.455 e. The fraction of sp³-hybridized carbons (Fsp3) is 0.0526. The number of benzene rings is 2. The third-order valence-corrected chi connectivity index (χ3v) is 3.41. The van der Waals surface area contributed by atoms with E-state index in [1.807, 2.05) is 19.1 Å². The van der Waals surface area contributed by atoms with Gasteiger partial charge < -0.3 is 4.42 Å². The third-order valence-electron chi connectivity index (χ3n) is 3.41. The Labute approximate surface area is 138 Å². The van der Waals surface area contributed by atoms with Gasteiger partial charge in [-0.2, -0.15) is 5.10 Å². The highest BCUT2D eigenvalue weighted by Crippen LogP contribution is 2.22. The molecule has 2 aromatic carbocycles. The lowest BCUT2D eigenvalue weighted by atomic mass is 10.1. The van der Waals surface area contributed by atoms with Gasteiger partial charge in [0.15, 0.2) is 0 Å². The van der Waals surface area contributed by atoms with Crippen LogP contribution < -0.4 is 5.43 Å². The predicted molar refractivity (Wildman–Crippen MR) is 90.3 cm³/mol. The molecular formula is C19H15FN2O2. The molecule has 3 rings (SSSR count). The fourth-order valence-electron chi connectivity index (χ4n) is 2.14. The Bertz CT molecular complexity index is 882. The molecule has 5 heteroatoms. The minimum Gasteiger partial charge on any atom is -0.455 e. The number of hydrogen-bond donors (Lipinski definition) is 1. The van der Waals surface area contributed by atoms with Crippen LogP contribution in [0.4, 0.5) is 4.39 Å². The van der Waals surface area contributed by atoms with Crippen molar-refractivity contribution < 1.29 is 13.6 Å². The summed E-state index contributed by atoms with van der Waals surface area (Å²) in [5.41, 5.74) is 4.68. The Hall–Kier alpha value is -3.21. The maximum Gasteiger partial charge on any atom is 0.271 e. The lowest BCUT2D eigenvalue weighted by Gasteiger charge is -1.99. The van der Waals surface area contributed by atoms with Gasteiger partial charge in [-0.1, -0.05) is 29.8 Å². The average Bonchev–Trinajstić information content (AvgIpc) is 3.04. The summed E-state index contributed by atoms with van der Waals surface area (Å²) in [7, 11) is 0. The number of halogens is 1. The van der Waals surface area contributed by atoms with Gasteiger partial charge in [0, 0.05) is 11.1 Å². The van der Waals surface area contributed by atoms with Crippen molar-refractivity contribution in [2.45, 2.75) is 6.92 Å². The molecule has 1 heterocycles. The van der Waals surface area contributed by atoms with E-state index in [4.69, 9.17) is 4.42 Å². The number of hydrazone groups is 1. The molecule has 1 aromatic heterocycles. The van der Waals surface area contributed by atoms with Crippen LogP contribution in [-0.4, -0.2) is 12.1 Å². The van der Waals surface area contributed by atoms with Crippen LogP contribution in [0, 0.1) is 12.7 Å². The first-order chi connectivity index (χ1) is 11.6. The van der Waals surface area contributed by atoms with Crippen molar-refractivity contribution in [3.63, 3.8) is 0 Å². The minimum atomic E-state index is -0.329. The lowest BCUT2D eigenvalue weighted by molar-refractivity contribution is 0.0955. The molecule has 0 saturated carbocycles. The van der Waals surface area contributed by atoms with E-state index in [0.717, 1.165) is 5.56 Å². The zero-order valence-corrected chi connectivity index (χ0v) is 13.0. The molecule has 3 aromatic rings. The van der Waals surface area contributed by atoms with Crippen molar-refractivity contribution in [2.75, 3.05) is 0 Å². The second kappa shape index (κ2) is 6.91. The molecule has 0 bridgehead atoms. The number of carbonyl (C=O) groups excluding carboxylic acids is 1.